The number of rotatable bonds is 0. The molecule has 3 nitrogen and oxygen atoms in total. The van der Waals surface area contributed by atoms with Gasteiger partial charge in [0.25, 0.3) is 5.56 Å². The average molecular weight is 399 g/mol. The molecule has 3 heteroatoms. The third kappa shape index (κ3) is 2.50. The van der Waals surface area contributed by atoms with Crippen LogP contribution in [0.3, 0.4) is 0 Å². The van der Waals surface area contributed by atoms with Crippen molar-refractivity contribution in [3.8, 4) is 0 Å². The summed E-state index contributed by atoms with van der Waals surface area (Å²) in [4.78, 5) is 17.9. The van der Waals surface area contributed by atoms with E-state index in [2.05, 4.69) is 94.2 Å². The molecule has 0 saturated carbocycles. The van der Waals surface area contributed by atoms with Crippen molar-refractivity contribution in [2.45, 2.75) is 71.1 Å². The Kier molecular flexibility index (Phi) is 3.68. The van der Waals surface area contributed by atoms with Crippen LogP contribution in [0.2, 0.25) is 0 Å². The lowest BCUT2D eigenvalue weighted by Crippen LogP contribution is -2.26. The number of benzene rings is 2. The Labute approximate surface area is 177 Å². The van der Waals surface area contributed by atoms with Gasteiger partial charge < -0.3 is 0 Å². The molecule has 0 spiro atoms. The van der Waals surface area contributed by atoms with Crippen LogP contribution < -0.4 is 5.56 Å². The fourth-order valence-electron chi connectivity index (χ4n) is 5.79. The van der Waals surface area contributed by atoms with Crippen LogP contribution in [0, 0.1) is 0 Å². The standard InChI is InChI=1S/C27H30N2O/c1-25(2,3)16-12-13-20-19(14-16)17-10-8-9-11-18(17)23-28-24(30)21-22(29(20)23)27(6,7)15-26(21,4)5/h8-14H,15H2,1-7H3. The predicted octanol–water partition coefficient (Wildman–Crippen LogP) is 6.26. The third-order valence-electron chi connectivity index (χ3n) is 6.86. The molecule has 2 aromatic carbocycles. The molecule has 0 unspecified atom stereocenters. The fraction of sp³-hybridized carbons (Fsp3) is 0.407. The van der Waals surface area contributed by atoms with Crippen LogP contribution in [0.15, 0.2) is 47.3 Å². The van der Waals surface area contributed by atoms with E-state index in [1.54, 1.807) is 0 Å². The van der Waals surface area contributed by atoms with Crippen LogP contribution in [-0.4, -0.2) is 9.38 Å². The van der Waals surface area contributed by atoms with Gasteiger partial charge >= 0.3 is 0 Å². The van der Waals surface area contributed by atoms with E-state index < -0.39 is 0 Å². The number of pyridine rings is 1. The van der Waals surface area contributed by atoms with Crippen LogP contribution in [0.5, 0.6) is 0 Å². The topological polar surface area (TPSA) is 34.4 Å². The molecule has 0 saturated heterocycles. The second kappa shape index (κ2) is 5.72. The lowest BCUT2D eigenvalue weighted by molar-refractivity contribution is 0.398. The van der Waals surface area contributed by atoms with Crippen LogP contribution in [0.25, 0.3) is 27.3 Å². The van der Waals surface area contributed by atoms with Gasteiger partial charge in [0.1, 0.15) is 5.65 Å². The highest BCUT2D eigenvalue weighted by Gasteiger charge is 2.46. The molecule has 0 bridgehead atoms. The van der Waals surface area contributed by atoms with E-state index in [0.717, 1.165) is 39.6 Å². The molecule has 1 aliphatic carbocycles. The van der Waals surface area contributed by atoms with Gasteiger partial charge in [0.2, 0.25) is 0 Å². The molecule has 5 rings (SSSR count). The summed E-state index contributed by atoms with van der Waals surface area (Å²) in [5.41, 5.74) is 4.91. The number of fused-ring (bicyclic) bond motifs is 8. The van der Waals surface area contributed by atoms with Crippen LogP contribution >= 0.6 is 0 Å². The second-order valence-corrected chi connectivity index (χ2v) is 11.3. The van der Waals surface area contributed by atoms with Crippen molar-refractivity contribution in [3.05, 3.63) is 69.6 Å². The third-order valence-corrected chi connectivity index (χ3v) is 6.86. The largest absolute Gasteiger partial charge is 0.297 e. The van der Waals surface area contributed by atoms with Crippen molar-refractivity contribution in [2.24, 2.45) is 0 Å². The summed E-state index contributed by atoms with van der Waals surface area (Å²) in [6.07, 6.45) is 0.937. The van der Waals surface area contributed by atoms with Crippen molar-refractivity contribution in [2.75, 3.05) is 0 Å². The summed E-state index contributed by atoms with van der Waals surface area (Å²) in [6.45, 7) is 15.6. The van der Waals surface area contributed by atoms with Crippen molar-refractivity contribution in [3.63, 3.8) is 0 Å². The zero-order valence-corrected chi connectivity index (χ0v) is 19.1. The summed E-state index contributed by atoms with van der Waals surface area (Å²) in [5.74, 6) is 0. The van der Waals surface area contributed by atoms with E-state index in [1.807, 2.05) is 6.07 Å². The SMILES string of the molecule is CC(C)(C)c1ccc2c(c1)c1ccccc1c1nc(=O)c3c(n21)C(C)(C)CC3(C)C. The molecule has 0 aliphatic heterocycles. The average Bonchev–Trinajstić information content (AvgIpc) is 2.85. The Morgan fingerprint density at radius 3 is 2.23 bits per heavy atom. The molecule has 30 heavy (non-hydrogen) atoms. The van der Waals surface area contributed by atoms with E-state index in [1.165, 1.54) is 10.9 Å². The van der Waals surface area contributed by atoms with Crippen molar-refractivity contribution in [1.82, 2.24) is 9.38 Å². The highest BCUT2D eigenvalue weighted by atomic mass is 16.1. The van der Waals surface area contributed by atoms with Gasteiger partial charge in [-0.05, 0) is 40.3 Å². The van der Waals surface area contributed by atoms with Gasteiger partial charge in [0.15, 0.2) is 0 Å². The summed E-state index contributed by atoms with van der Waals surface area (Å²) in [7, 11) is 0. The first-order chi connectivity index (χ1) is 13.9. The van der Waals surface area contributed by atoms with Gasteiger partial charge in [0.05, 0.1) is 5.52 Å². The normalized spacial score (nSPS) is 17.7. The van der Waals surface area contributed by atoms with Gasteiger partial charge in [-0.15, -0.1) is 0 Å². The van der Waals surface area contributed by atoms with Gasteiger partial charge in [-0.25, -0.2) is 0 Å². The molecule has 2 heterocycles. The van der Waals surface area contributed by atoms with Crippen molar-refractivity contribution < 1.29 is 0 Å². The maximum atomic E-state index is 13.3. The zero-order chi connectivity index (χ0) is 21.6. The van der Waals surface area contributed by atoms with Gasteiger partial charge in [-0.2, -0.15) is 4.98 Å². The maximum Gasteiger partial charge on any atom is 0.277 e. The summed E-state index contributed by atoms with van der Waals surface area (Å²) >= 11 is 0. The minimum absolute atomic E-state index is 0.0647. The van der Waals surface area contributed by atoms with Gasteiger partial charge in [-0.3, -0.25) is 9.20 Å². The van der Waals surface area contributed by atoms with Crippen LogP contribution in [-0.2, 0) is 16.2 Å². The Morgan fingerprint density at radius 2 is 1.57 bits per heavy atom. The monoisotopic (exact) mass is 398 g/mol. The van der Waals surface area contributed by atoms with E-state index in [-0.39, 0.29) is 21.8 Å². The summed E-state index contributed by atoms with van der Waals surface area (Å²) < 4.78 is 2.29. The number of hydrogen-bond acceptors (Lipinski definition) is 2. The molecule has 0 radical (unpaired) electrons. The maximum absolute atomic E-state index is 13.3. The smallest absolute Gasteiger partial charge is 0.277 e. The number of aromatic nitrogens is 2. The predicted molar refractivity (Wildman–Crippen MR) is 126 cm³/mol. The molecule has 0 N–H and O–H groups in total. The summed E-state index contributed by atoms with van der Waals surface area (Å²) in [5, 5.41) is 3.41. The molecule has 0 fully saturated rings. The fourth-order valence-corrected chi connectivity index (χ4v) is 5.79. The Bertz CT molecular complexity index is 1410. The van der Waals surface area contributed by atoms with Crippen LogP contribution in [0.4, 0.5) is 0 Å². The lowest BCUT2D eigenvalue weighted by atomic mass is 9.82. The molecule has 4 aromatic rings. The van der Waals surface area contributed by atoms with Crippen molar-refractivity contribution in [1.29, 1.82) is 0 Å². The van der Waals surface area contributed by atoms with Gasteiger partial charge in [0, 0.05) is 27.4 Å². The summed E-state index contributed by atoms with van der Waals surface area (Å²) in [6, 6.07) is 15.1. The molecule has 154 valence electrons. The first-order valence-electron chi connectivity index (χ1n) is 10.8. The molecule has 0 atom stereocenters. The minimum atomic E-state index is -0.187. The molecule has 1 aliphatic rings. The second-order valence-electron chi connectivity index (χ2n) is 11.3. The zero-order valence-electron chi connectivity index (χ0n) is 19.1. The first kappa shape index (κ1) is 19.3. The molecule has 0 amide bonds. The van der Waals surface area contributed by atoms with E-state index in [4.69, 9.17) is 0 Å². The Morgan fingerprint density at radius 1 is 0.900 bits per heavy atom. The van der Waals surface area contributed by atoms with Gasteiger partial charge in [-0.1, -0.05) is 78.8 Å². The quantitative estimate of drug-likeness (QED) is 0.328. The van der Waals surface area contributed by atoms with E-state index in [9.17, 15) is 4.79 Å². The highest BCUT2D eigenvalue weighted by Crippen LogP contribution is 2.48. The van der Waals surface area contributed by atoms with Crippen LogP contribution in [0.1, 0.15) is 71.7 Å². The highest BCUT2D eigenvalue weighted by molar-refractivity contribution is 6.12. The van der Waals surface area contributed by atoms with Crippen molar-refractivity contribution >= 4 is 27.3 Å². The molecular weight excluding hydrogens is 368 g/mol. The molecular formula is C27H30N2O. The Hall–Kier alpha value is -2.68. The Balaban J connectivity index is 2.11. The number of nitrogens with zero attached hydrogens (tertiary/aromatic N) is 2. The number of hydrogen-bond donors (Lipinski definition) is 0. The van der Waals surface area contributed by atoms with E-state index >= 15 is 0 Å². The lowest BCUT2D eigenvalue weighted by Gasteiger charge is -2.25. The van der Waals surface area contributed by atoms with E-state index in [0.29, 0.717) is 0 Å². The molecule has 2 aromatic heterocycles. The minimum Gasteiger partial charge on any atom is -0.297 e. The first-order valence-corrected chi connectivity index (χ1v) is 10.8.